The minimum absolute atomic E-state index is 0.0904. The van der Waals surface area contributed by atoms with Crippen molar-refractivity contribution in [2.24, 2.45) is 0 Å². The number of fused-ring (bicyclic) bond motifs is 2. The molecule has 2 saturated heterocycles. The molecule has 0 aromatic heterocycles. The first-order valence-corrected chi connectivity index (χ1v) is 8.97. The van der Waals surface area contributed by atoms with Crippen LogP contribution in [0.2, 0.25) is 0 Å². The summed E-state index contributed by atoms with van der Waals surface area (Å²) in [6.07, 6.45) is 4.73. The molecule has 0 N–H and O–H groups in total. The zero-order valence-corrected chi connectivity index (χ0v) is 16.0. The Labute approximate surface area is 145 Å². The third-order valence-corrected chi connectivity index (χ3v) is 5.58. The fourth-order valence-corrected chi connectivity index (χ4v) is 3.63. The first-order valence-electron chi connectivity index (χ1n) is 8.97. The lowest BCUT2D eigenvalue weighted by Gasteiger charge is -2.35. The molecule has 2 atom stereocenters. The fourth-order valence-electron chi connectivity index (χ4n) is 3.63. The molecular formula is C18H30BNO4. The lowest BCUT2D eigenvalue weighted by Crippen LogP contribution is -2.47. The highest BCUT2D eigenvalue weighted by molar-refractivity contribution is 6.54. The summed E-state index contributed by atoms with van der Waals surface area (Å²) in [7, 11) is -0.307. The van der Waals surface area contributed by atoms with E-state index in [1.807, 2.05) is 25.7 Å². The Morgan fingerprint density at radius 2 is 1.79 bits per heavy atom. The van der Waals surface area contributed by atoms with Crippen LogP contribution in [0, 0.1) is 0 Å². The summed E-state index contributed by atoms with van der Waals surface area (Å²) in [5.74, 6) is 0. The van der Waals surface area contributed by atoms with Crippen LogP contribution in [0.3, 0.4) is 0 Å². The minimum Gasteiger partial charge on any atom is -0.444 e. The van der Waals surface area contributed by atoms with Crippen molar-refractivity contribution in [3.8, 4) is 0 Å². The molecule has 5 nitrogen and oxygen atoms in total. The van der Waals surface area contributed by atoms with Gasteiger partial charge in [-0.15, -0.1) is 0 Å². The van der Waals surface area contributed by atoms with Gasteiger partial charge in [-0.25, -0.2) is 4.79 Å². The Hall–Kier alpha value is -1.01. The molecule has 0 aromatic rings. The molecule has 1 amide bonds. The second kappa shape index (κ2) is 5.50. The van der Waals surface area contributed by atoms with Crippen molar-refractivity contribution < 1.29 is 18.8 Å². The summed E-state index contributed by atoms with van der Waals surface area (Å²) in [6.45, 7) is 14.0. The van der Waals surface area contributed by atoms with E-state index in [9.17, 15) is 4.79 Å². The quantitative estimate of drug-likeness (QED) is 0.685. The molecule has 3 rings (SSSR count). The predicted octanol–water partition coefficient (Wildman–Crippen LogP) is 3.72. The number of rotatable bonds is 1. The van der Waals surface area contributed by atoms with Crippen LogP contribution < -0.4 is 0 Å². The topological polar surface area (TPSA) is 48.0 Å². The van der Waals surface area contributed by atoms with E-state index in [-0.39, 0.29) is 36.5 Å². The summed E-state index contributed by atoms with van der Waals surface area (Å²) < 4.78 is 17.9. The van der Waals surface area contributed by atoms with Gasteiger partial charge in [0.05, 0.1) is 17.2 Å². The van der Waals surface area contributed by atoms with Crippen LogP contribution in [0.5, 0.6) is 0 Å². The second-order valence-corrected chi connectivity index (χ2v) is 9.22. The SMILES string of the molecule is CC(C)(C)OC(=O)N1[C@H]2CC[C@H]1C=C(B1OC(C)(C)C(C)(C)O1)C2. The van der Waals surface area contributed by atoms with Gasteiger partial charge in [0, 0.05) is 6.04 Å². The maximum absolute atomic E-state index is 12.5. The summed E-state index contributed by atoms with van der Waals surface area (Å²) >= 11 is 0. The number of carbonyl (C=O) groups is 1. The van der Waals surface area contributed by atoms with E-state index in [0.29, 0.717) is 0 Å². The van der Waals surface area contributed by atoms with E-state index >= 15 is 0 Å². The number of hydrogen-bond donors (Lipinski definition) is 0. The smallest absolute Gasteiger partial charge is 0.444 e. The molecule has 0 spiro atoms. The Morgan fingerprint density at radius 1 is 1.21 bits per heavy atom. The highest BCUT2D eigenvalue weighted by atomic mass is 16.7. The minimum atomic E-state index is -0.466. The number of nitrogens with zero attached hydrogens (tertiary/aromatic N) is 1. The van der Waals surface area contributed by atoms with Crippen molar-refractivity contribution in [1.29, 1.82) is 0 Å². The van der Waals surface area contributed by atoms with Gasteiger partial charge in [-0.1, -0.05) is 6.08 Å². The van der Waals surface area contributed by atoms with Gasteiger partial charge in [0.2, 0.25) is 0 Å². The lowest BCUT2D eigenvalue weighted by molar-refractivity contribution is 0.00578. The van der Waals surface area contributed by atoms with Gasteiger partial charge < -0.3 is 14.0 Å². The first kappa shape index (κ1) is 17.8. The van der Waals surface area contributed by atoms with Gasteiger partial charge in [-0.3, -0.25) is 4.90 Å². The van der Waals surface area contributed by atoms with Crippen LogP contribution in [-0.4, -0.2) is 47.0 Å². The van der Waals surface area contributed by atoms with E-state index in [1.54, 1.807) is 0 Å². The van der Waals surface area contributed by atoms with Crippen LogP contribution in [0.25, 0.3) is 0 Å². The first-order chi connectivity index (χ1) is 10.9. The predicted molar refractivity (Wildman–Crippen MR) is 93.7 cm³/mol. The van der Waals surface area contributed by atoms with Crippen molar-refractivity contribution in [1.82, 2.24) is 4.90 Å². The lowest BCUT2D eigenvalue weighted by atomic mass is 9.73. The highest BCUT2D eigenvalue weighted by Gasteiger charge is 2.54. The zero-order valence-electron chi connectivity index (χ0n) is 16.0. The van der Waals surface area contributed by atoms with Gasteiger partial charge in [0.1, 0.15) is 5.60 Å². The summed E-state index contributed by atoms with van der Waals surface area (Å²) in [4.78, 5) is 14.4. The van der Waals surface area contributed by atoms with Crippen molar-refractivity contribution in [3.05, 3.63) is 11.5 Å². The van der Waals surface area contributed by atoms with Gasteiger partial charge in [0.25, 0.3) is 0 Å². The number of carbonyl (C=O) groups excluding carboxylic acids is 1. The normalized spacial score (nSPS) is 31.2. The molecule has 3 aliphatic heterocycles. The van der Waals surface area contributed by atoms with Crippen LogP contribution in [0.1, 0.15) is 67.7 Å². The van der Waals surface area contributed by atoms with Crippen LogP contribution in [-0.2, 0) is 14.0 Å². The Morgan fingerprint density at radius 3 is 2.29 bits per heavy atom. The Kier molecular flexibility index (Phi) is 4.08. The molecule has 2 fully saturated rings. The summed E-state index contributed by atoms with van der Waals surface area (Å²) in [5.41, 5.74) is 0.0346. The summed E-state index contributed by atoms with van der Waals surface area (Å²) in [5, 5.41) is 0. The van der Waals surface area contributed by atoms with Crippen LogP contribution in [0.4, 0.5) is 4.79 Å². The number of ether oxygens (including phenoxy) is 1. The van der Waals surface area contributed by atoms with Crippen molar-refractivity contribution in [2.45, 2.75) is 96.6 Å². The van der Waals surface area contributed by atoms with Crippen LogP contribution in [0.15, 0.2) is 11.5 Å². The molecule has 24 heavy (non-hydrogen) atoms. The van der Waals surface area contributed by atoms with Gasteiger partial charge in [-0.2, -0.15) is 0 Å². The summed E-state index contributed by atoms with van der Waals surface area (Å²) in [6, 6.07) is 0.275. The molecule has 6 heteroatoms. The second-order valence-electron chi connectivity index (χ2n) is 9.22. The van der Waals surface area contributed by atoms with Gasteiger partial charge >= 0.3 is 13.2 Å². The maximum atomic E-state index is 12.5. The molecular weight excluding hydrogens is 305 g/mol. The van der Waals surface area contributed by atoms with Crippen molar-refractivity contribution in [2.75, 3.05) is 0 Å². The van der Waals surface area contributed by atoms with Crippen molar-refractivity contribution in [3.63, 3.8) is 0 Å². The van der Waals surface area contributed by atoms with Gasteiger partial charge in [-0.05, 0) is 73.2 Å². The molecule has 0 saturated carbocycles. The molecule has 0 aromatic carbocycles. The van der Waals surface area contributed by atoms with E-state index in [1.165, 1.54) is 5.47 Å². The van der Waals surface area contributed by atoms with Gasteiger partial charge in [0.15, 0.2) is 0 Å². The van der Waals surface area contributed by atoms with E-state index in [4.69, 9.17) is 14.0 Å². The molecule has 0 unspecified atom stereocenters. The Balaban J connectivity index is 1.75. The Bertz CT molecular complexity index is 548. The number of amides is 1. The third-order valence-electron chi connectivity index (χ3n) is 5.58. The third kappa shape index (κ3) is 3.10. The molecule has 2 bridgehead atoms. The zero-order chi connectivity index (χ0) is 17.9. The van der Waals surface area contributed by atoms with E-state index in [0.717, 1.165) is 19.3 Å². The van der Waals surface area contributed by atoms with Crippen molar-refractivity contribution >= 4 is 13.2 Å². The maximum Gasteiger partial charge on any atom is 0.490 e. The molecule has 134 valence electrons. The standard InChI is InChI=1S/C18H30BNO4/c1-16(2,3)22-15(21)20-13-8-9-14(20)11-12(10-13)19-23-17(4,5)18(6,7)24-19/h10,13-14H,8-9,11H2,1-7H3/t13-,14-/m0/s1. The molecule has 3 heterocycles. The largest absolute Gasteiger partial charge is 0.490 e. The molecule has 3 aliphatic rings. The molecule has 0 aliphatic carbocycles. The van der Waals surface area contributed by atoms with E-state index < -0.39 is 5.60 Å². The average molecular weight is 335 g/mol. The van der Waals surface area contributed by atoms with Crippen LogP contribution >= 0.6 is 0 Å². The average Bonchev–Trinajstić information content (AvgIpc) is 2.78. The highest BCUT2D eigenvalue weighted by Crippen LogP contribution is 2.43. The van der Waals surface area contributed by atoms with E-state index in [2.05, 4.69) is 33.8 Å². The fraction of sp³-hybridized carbons (Fsp3) is 0.833. The number of hydrogen-bond acceptors (Lipinski definition) is 4. The monoisotopic (exact) mass is 335 g/mol. The molecule has 0 radical (unpaired) electrons.